The van der Waals surface area contributed by atoms with E-state index in [0.29, 0.717) is 19.1 Å². The van der Waals surface area contributed by atoms with E-state index in [1.165, 1.54) is 0 Å². The molecule has 1 heterocycles. The van der Waals surface area contributed by atoms with E-state index in [0.717, 1.165) is 24.6 Å². The second-order valence-electron chi connectivity index (χ2n) is 5.76. The van der Waals surface area contributed by atoms with Crippen molar-refractivity contribution in [2.45, 2.75) is 26.4 Å². The minimum absolute atomic E-state index is 0.0852. The molecule has 1 N–H and O–H groups in total. The van der Waals surface area contributed by atoms with E-state index in [2.05, 4.69) is 19.2 Å². The number of nitro groups is 1. The summed E-state index contributed by atoms with van der Waals surface area (Å²) in [4.78, 5) is 21.9. The highest BCUT2D eigenvalue weighted by molar-refractivity contribution is 5.94. The quantitative estimate of drug-likeness (QED) is 0.669. The lowest BCUT2D eigenvalue weighted by molar-refractivity contribution is -0.385. The molecule has 1 aliphatic rings. The Morgan fingerprint density at radius 3 is 2.86 bits per heavy atom. The lowest BCUT2D eigenvalue weighted by atomic mass is 9.93. The Bertz CT molecular complexity index is 577. The number of carbonyl (C=O) groups is 1. The van der Waals surface area contributed by atoms with Crippen LogP contribution >= 0.6 is 0 Å². The van der Waals surface area contributed by atoms with Crippen molar-refractivity contribution in [2.75, 3.05) is 13.2 Å². The van der Waals surface area contributed by atoms with Gasteiger partial charge in [-0.1, -0.05) is 13.8 Å². The Balaban J connectivity index is 1.99. The maximum absolute atomic E-state index is 13.8. The first-order chi connectivity index (χ1) is 10.4. The summed E-state index contributed by atoms with van der Waals surface area (Å²) in [7, 11) is 0. The van der Waals surface area contributed by atoms with Crippen LogP contribution in [0.3, 0.4) is 0 Å². The van der Waals surface area contributed by atoms with Crippen LogP contribution in [-0.4, -0.2) is 30.1 Å². The summed E-state index contributed by atoms with van der Waals surface area (Å²) in [5.41, 5.74) is -0.566. The summed E-state index contributed by atoms with van der Waals surface area (Å²) in [6.07, 6.45) is 0.938. The summed E-state index contributed by atoms with van der Waals surface area (Å²) >= 11 is 0. The second-order valence-corrected chi connectivity index (χ2v) is 5.76. The normalized spacial score (nSPS) is 21.1. The number of benzene rings is 1. The Hall–Kier alpha value is -2.02. The highest BCUT2D eigenvalue weighted by atomic mass is 19.1. The lowest BCUT2D eigenvalue weighted by Crippen LogP contribution is -2.35. The topological polar surface area (TPSA) is 81.5 Å². The van der Waals surface area contributed by atoms with Gasteiger partial charge >= 0.3 is 0 Å². The minimum atomic E-state index is -0.894. The van der Waals surface area contributed by atoms with Crippen LogP contribution in [-0.2, 0) is 4.74 Å². The number of halogens is 1. The van der Waals surface area contributed by atoms with Crippen LogP contribution in [0.4, 0.5) is 10.1 Å². The molecule has 1 amide bonds. The molecular weight excluding hydrogens is 291 g/mol. The summed E-state index contributed by atoms with van der Waals surface area (Å²) in [5.74, 6) is -0.915. The maximum atomic E-state index is 13.8. The largest absolute Gasteiger partial charge is 0.378 e. The van der Waals surface area contributed by atoms with Crippen LogP contribution in [0.25, 0.3) is 0 Å². The zero-order chi connectivity index (χ0) is 16.3. The van der Waals surface area contributed by atoms with Crippen molar-refractivity contribution in [3.63, 3.8) is 0 Å². The molecule has 0 aliphatic carbocycles. The summed E-state index contributed by atoms with van der Waals surface area (Å²) in [5, 5.41) is 13.2. The maximum Gasteiger partial charge on any atom is 0.272 e. The SMILES string of the molecule is CC(C)[C@@H]1OCC[C@@H]1CNC(=O)c1ccc([N+](=O)[O-])cc1F. The molecule has 120 valence electrons. The first-order valence-electron chi connectivity index (χ1n) is 7.24. The molecule has 0 saturated carbocycles. The van der Waals surface area contributed by atoms with Crippen molar-refractivity contribution >= 4 is 11.6 Å². The highest BCUT2D eigenvalue weighted by Gasteiger charge is 2.31. The number of hydrogen-bond donors (Lipinski definition) is 1. The highest BCUT2D eigenvalue weighted by Crippen LogP contribution is 2.26. The molecule has 0 radical (unpaired) electrons. The van der Waals surface area contributed by atoms with Gasteiger partial charge < -0.3 is 10.1 Å². The number of ether oxygens (including phenoxy) is 1. The molecule has 0 spiro atoms. The smallest absolute Gasteiger partial charge is 0.272 e. The van der Waals surface area contributed by atoms with E-state index in [4.69, 9.17) is 4.74 Å². The Kier molecular flexibility index (Phi) is 5.07. The van der Waals surface area contributed by atoms with Gasteiger partial charge in [-0.3, -0.25) is 14.9 Å². The van der Waals surface area contributed by atoms with E-state index in [1.54, 1.807) is 0 Å². The van der Waals surface area contributed by atoms with Gasteiger partial charge in [0, 0.05) is 25.1 Å². The van der Waals surface area contributed by atoms with Crippen LogP contribution in [0.5, 0.6) is 0 Å². The molecule has 2 atom stereocenters. The lowest BCUT2D eigenvalue weighted by Gasteiger charge is -2.22. The fraction of sp³-hybridized carbons (Fsp3) is 0.533. The van der Waals surface area contributed by atoms with E-state index < -0.39 is 16.6 Å². The fourth-order valence-electron chi connectivity index (χ4n) is 2.73. The third-order valence-electron chi connectivity index (χ3n) is 3.85. The van der Waals surface area contributed by atoms with Crippen LogP contribution < -0.4 is 5.32 Å². The standard InChI is InChI=1S/C15H19FN2O4/c1-9(2)14-10(5-6-22-14)8-17-15(19)12-4-3-11(18(20)21)7-13(12)16/h3-4,7,9-10,14H,5-6,8H2,1-2H3,(H,17,19)/t10-,14+/m1/s1. The molecule has 1 aromatic carbocycles. The zero-order valence-corrected chi connectivity index (χ0v) is 12.5. The predicted molar refractivity (Wildman–Crippen MR) is 78.1 cm³/mol. The molecule has 22 heavy (non-hydrogen) atoms. The molecule has 2 rings (SSSR count). The van der Waals surface area contributed by atoms with Crippen molar-refractivity contribution < 1.29 is 18.8 Å². The van der Waals surface area contributed by atoms with Gasteiger partial charge in [0.05, 0.1) is 22.7 Å². The van der Waals surface area contributed by atoms with Gasteiger partial charge in [0.2, 0.25) is 0 Å². The van der Waals surface area contributed by atoms with Crippen LogP contribution in [0.15, 0.2) is 18.2 Å². The number of hydrogen-bond acceptors (Lipinski definition) is 4. The third kappa shape index (κ3) is 3.59. The molecule has 1 aromatic rings. The molecule has 0 aromatic heterocycles. The molecule has 1 fully saturated rings. The number of non-ortho nitro benzene ring substituents is 1. The summed E-state index contributed by atoms with van der Waals surface area (Å²) in [6.45, 7) is 5.18. The van der Waals surface area contributed by atoms with Crippen LogP contribution in [0.1, 0.15) is 30.6 Å². The number of nitrogens with one attached hydrogen (secondary N) is 1. The number of amides is 1. The number of carbonyl (C=O) groups excluding carboxylic acids is 1. The molecule has 6 nitrogen and oxygen atoms in total. The second kappa shape index (κ2) is 6.83. The molecule has 1 aliphatic heterocycles. The molecule has 0 bridgehead atoms. The van der Waals surface area contributed by atoms with Crippen molar-refractivity contribution in [3.8, 4) is 0 Å². The predicted octanol–water partition coefficient (Wildman–Crippen LogP) is 2.52. The first-order valence-corrected chi connectivity index (χ1v) is 7.24. The van der Waals surface area contributed by atoms with Crippen molar-refractivity contribution in [2.24, 2.45) is 11.8 Å². The third-order valence-corrected chi connectivity index (χ3v) is 3.85. The average Bonchev–Trinajstić information content (AvgIpc) is 2.93. The van der Waals surface area contributed by atoms with Crippen molar-refractivity contribution in [1.29, 1.82) is 0 Å². The van der Waals surface area contributed by atoms with E-state index in [9.17, 15) is 19.3 Å². The zero-order valence-electron chi connectivity index (χ0n) is 12.5. The fourth-order valence-corrected chi connectivity index (χ4v) is 2.73. The number of rotatable bonds is 5. The van der Waals surface area contributed by atoms with Crippen LogP contribution in [0, 0.1) is 27.8 Å². The Morgan fingerprint density at radius 2 is 2.27 bits per heavy atom. The molecule has 1 saturated heterocycles. The minimum Gasteiger partial charge on any atom is -0.378 e. The Labute approximate surface area is 127 Å². The van der Waals surface area contributed by atoms with E-state index in [-0.39, 0.29) is 23.3 Å². The van der Waals surface area contributed by atoms with Gasteiger partial charge in [0.15, 0.2) is 0 Å². The number of nitrogens with zero attached hydrogens (tertiary/aromatic N) is 1. The summed E-state index contributed by atoms with van der Waals surface area (Å²) < 4.78 is 19.4. The Morgan fingerprint density at radius 1 is 1.55 bits per heavy atom. The number of nitro benzene ring substituents is 1. The molecule has 7 heteroatoms. The van der Waals surface area contributed by atoms with Gasteiger partial charge in [-0.05, 0) is 18.4 Å². The monoisotopic (exact) mass is 310 g/mol. The van der Waals surface area contributed by atoms with E-state index >= 15 is 0 Å². The average molecular weight is 310 g/mol. The first kappa shape index (κ1) is 16.4. The van der Waals surface area contributed by atoms with Gasteiger partial charge in [-0.2, -0.15) is 0 Å². The van der Waals surface area contributed by atoms with Crippen LogP contribution in [0.2, 0.25) is 0 Å². The van der Waals surface area contributed by atoms with Gasteiger partial charge in [0.25, 0.3) is 11.6 Å². The molecular formula is C15H19FN2O4. The van der Waals surface area contributed by atoms with Crippen molar-refractivity contribution in [3.05, 3.63) is 39.7 Å². The van der Waals surface area contributed by atoms with Gasteiger partial charge in [0.1, 0.15) is 5.82 Å². The van der Waals surface area contributed by atoms with Gasteiger partial charge in [-0.15, -0.1) is 0 Å². The van der Waals surface area contributed by atoms with Crippen molar-refractivity contribution in [1.82, 2.24) is 5.32 Å². The summed E-state index contributed by atoms with van der Waals surface area (Å²) in [6, 6.07) is 3.01. The van der Waals surface area contributed by atoms with Gasteiger partial charge in [-0.25, -0.2) is 4.39 Å². The molecule has 0 unspecified atom stereocenters. The van der Waals surface area contributed by atoms with E-state index in [1.807, 2.05) is 0 Å².